The molecule has 1 N–H and O–H groups in total. The lowest BCUT2D eigenvalue weighted by atomic mass is 9.85. The normalized spacial score (nSPS) is 23.1. The van der Waals surface area contributed by atoms with Crippen LogP contribution in [0.15, 0.2) is 18.2 Å². The predicted molar refractivity (Wildman–Crippen MR) is 77.1 cm³/mol. The van der Waals surface area contributed by atoms with Gasteiger partial charge in [-0.2, -0.15) is 0 Å². The number of benzene rings is 1. The third kappa shape index (κ3) is 3.42. The number of rotatable bonds is 3. The first-order valence-electron chi connectivity index (χ1n) is 7.73. The first-order chi connectivity index (χ1) is 10.3. The van der Waals surface area contributed by atoms with Crippen molar-refractivity contribution in [1.82, 2.24) is 10.2 Å². The highest BCUT2D eigenvalue weighted by atomic mass is 19.1. The Morgan fingerprint density at radius 2 is 1.86 bits per heavy atom. The van der Waals surface area contributed by atoms with Crippen molar-refractivity contribution in [3.05, 3.63) is 35.4 Å². The quantitative estimate of drug-likeness (QED) is 0.926. The maximum atomic E-state index is 14.3. The molecule has 2 aliphatic heterocycles. The number of ether oxygens (including phenoxy) is 1. The maximum Gasteiger partial charge on any atom is 0.128 e. The van der Waals surface area contributed by atoms with Gasteiger partial charge in [-0.3, -0.25) is 4.90 Å². The van der Waals surface area contributed by atoms with Crippen LogP contribution in [-0.2, 0) is 4.74 Å². The molecule has 21 heavy (non-hydrogen) atoms. The Kier molecular flexibility index (Phi) is 4.83. The smallest absolute Gasteiger partial charge is 0.128 e. The minimum Gasteiger partial charge on any atom is -0.381 e. The molecule has 116 valence electrons. The number of halogens is 2. The van der Waals surface area contributed by atoms with Gasteiger partial charge in [0, 0.05) is 51.0 Å². The molecule has 0 unspecified atom stereocenters. The zero-order chi connectivity index (χ0) is 14.7. The molecule has 3 nitrogen and oxygen atoms in total. The summed E-state index contributed by atoms with van der Waals surface area (Å²) < 4.78 is 33.3. The molecule has 5 heteroatoms. The summed E-state index contributed by atoms with van der Waals surface area (Å²) in [5.41, 5.74) is 0.504. The fraction of sp³-hybridized carbons (Fsp3) is 0.625. The zero-order valence-corrected chi connectivity index (χ0v) is 12.2. The minimum atomic E-state index is -0.362. The van der Waals surface area contributed by atoms with E-state index in [1.165, 1.54) is 18.2 Å². The standard InChI is InChI=1S/C16H22F2N2O/c17-13-1-2-15(18)14(11-13)16(12-3-9-21-10-4-12)20-7-5-19-6-8-20/h1-2,11-12,16,19H,3-10H2/t16-/m1/s1. The van der Waals surface area contributed by atoms with Gasteiger partial charge in [0.2, 0.25) is 0 Å². The summed E-state index contributed by atoms with van der Waals surface area (Å²) >= 11 is 0. The van der Waals surface area contributed by atoms with Gasteiger partial charge in [0.05, 0.1) is 0 Å². The van der Waals surface area contributed by atoms with Crippen LogP contribution >= 0.6 is 0 Å². The highest BCUT2D eigenvalue weighted by Gasteiger charge is 2.33. The maximum absolute atomic E-state index is 14.3. The molecule has 0 saturated carbocycles. The molecule has 0 radical (unpaired) electrons. The van der Waals surface area contributed by atoms with Crippen LogP contribution in [0.3, 0.4) is 0 Å². The average Bonchev–Trinajstić information content (AvgIpc) is 2.53. The van der Waals surface area contributed by atoms with Crippen LogP contribution in [0.5, 0.6) is 0 Å². The topological polar surface area (TPSA) is 24.5 Å². The highest BCUT2D eigenvalue weighted by Crippen LogP contribution is 2.36. The van der Waals surface area contributed by atoms with Gasteiger partial charge in [0.25, 0.3) is 0 Å². The molecule has 2 fully saturated rings. The Balaban J connectivity index is 1.91. The van der Waals surface area contributed by atoms with E-state index in [-0.39, 0.29) is 17.7 Å². The second-order valence-electron chi connectivity index (χ2n) is 5.85. The Bertz CT molecular complexity index is 453. The minimum absolute atomic E-state index is 0.0494. The molecule has 0 spiro atoms. The fourth-order valence-corrected chi connectivity index (χ4v) is 3.48. The SMILES string of the molecule is Fc1ccc(F)c([C@@H](C2CCOCC2)N2CCNCC2)c1. The van der Waals surface area contributed by atoms with Gasteiger partial charge in [0.15, 0.2) is 0 Å². The van der Waals surface area contributed by atoms with Gasteiger partial charge in [-0.1, -0.05) is 0 Å². The number of nitrogens with zero attached hydrogens (tertiary/aromatic N) is 1. The molecule has 0 amide bonds. The van der Waals surface area contributed by atoms with Gasteiger partial charge in [-0.15, -0.1) is 0 Å². The molecule has 0 aliphatic carbocycles. The van der Waals surface area contributed by atoms with E-state index in [0.29, 0.717) is 24.7 Å². The van der Waals surface area contributed by atoms with E-state index in [2.05, 4.69) is 10.2 Å². The number of hydrogen-bond donors (Lipinski definition) is 1. The largest absolute Gasteiger partial charge is 0.381 e. The number of piperazine rings is 1. The van der Waals surface area contributed by atoms with Crippen molar-refractivity contribution in [1.29, 1.82) is 0 Å². The van der Waals surface area contributed by atoms with Crippen LogP contribution in [-0.4, -0.2) is 44.3 Å². The third-order valence-corrected chi connectivity index (χ3v) is 4.53. The molecule has 0 aromatic heterocycles. The molecular formula is C16H22F2N2O. The third-order valence-electron chi connectivity index (χ3n) is 4.53. The van der Waals surface area contributed by atoms with E-state index in [9.17, 15) is 8.78 Å². The summed E-state index contributed by atoms with van der Waals surface area (Å²) in [4.78, 5) is 2.30. The van der Waals surface area contributed by atoms with Crippen molar-refractivity contribution in [2.75, 3.05) is 39.4 Å². The lowest BCUT2D eigenvalue weighted by Crippen LogP contribution is -2.47. The Morgan fingerprint density at radius 1 is 1.14 bits per heavy atom. The van der Waals surface area contributed by atoms with E-state index in [1.54, 1.807) is 0 Å². The van der Waals surface area contributed by atoms with Crippen LogP contribution in [0.2, 0.25) is 0 Å². The Hall–Kier alpha value is -1.04. The number of nitrogens with one attached hydrogen (secondary N) is 1. The van der Waals surface area contributed by atoms with Crippen molar-refractivity contribution in [2.45, 2.75) is 18.9 Å². The van der Waals surface area contributed by atoms with Crippen molar-refractivity contribution < 1.29 is 13.5 Å². The molecule has 1 aromatic carbocycles. The van der Waals surface area contributed by atoms with Crippen molar-refractivity contribution in [3.8, 4) is 0 Å². The van der Waals surface area contributed by atoms with Gasteiger partial charge < -0.3 is 10.1 Å². The summed E-state index contributed by atoms with van der Waals surface area (Å²) in [7, 11) is 0. The number of hydrogen-bond acceptors (Lipinski definition) is 3. The van der Waals surface area contributed by atoms with E-state index < -0.39 is 0 Å². The summed E-state index contributed by atoms with van der Waals surface area (Å²) in [6.07, 6.45) is 1.81. The monoisotopic (exact) mass is 296 g/mol. The van der Waals surface area contributed by atoms with E-state index >= 15 is 0 Å². The summed E-state index contributed by atoms with van der Waals surface area (Å²) in [6, 6.07) is 3.76. The molecule has 3 rings (SSSR count). The van der Waals surface area contributed by atoms with Crippen LogP contribution in [0.4, 0.5) is 8.78 Å². The van der Waals surface area contributed by atoms with E-state index in [0.717, 1.165) is 39.0 Å². The van der Waals surface area contributed by atoms with Crippen LogP contribution in [0.25, 0.3) is 0 Å². The summed E-state index contributed by atoms with van der Waals surface area (Å²) in [6.45, 7) is 4.97. The van der Waals surface area contributed by atoms with Crippen LogP contribution in [0, 0.1) is 17.6 Å². The van der Waals surface area contributed by atoms with E-state index in [1.807, 2.05) is 0 Å². The first-order valence-corrected chi connectivity index (χ1v) is 7.73. The van der Waals surface area contributed by atoms with Gasteiger partial charge in [-0.25, -0.2) is 8.78 Å². The average molecular weight is 296 g/mol. The molecular weight excluding hydrogens is 274 g/mol. The second kappa shape index (κ2) is 6.81. The molecule has 2 heterocycles. The van der Waals surface area contributed by atoms with E-state index in [4.69, 9.17) is 4.74 Å². The van der Waals surface area contributed by atoms with Crippen molar-refractivity contribution >= 4 is 0 Å². The first kappa shape index (κ1) is 14.9. The summed E-state index contributed by atoms with van der Waals surface area (Å²) in [5.74, 6) is -0.335. The Morgan fingerprint density at radius 3 is 2.57 bits per heavy atom. The zero-order valence-electron chi connectivity index (χ0n) is 12.2. The molecule has 1 atom stereocenters. The van der Waals surface area contributed by atoms with Crippen molar-refractivity contribution in [2.24, 2.45) is 5.92 Å². The fourth-order valence-electron chi connectivity index (χ4n) is 3.48. The van der Waals surface area contributed by atoms with Gasteiger partial charge in [-0.05, 0) is 37.0 Å². The molecule has 0 bridgehead atoms. The molecule has 2 aliphatic rings. The van der Waals surface area contributed by atoms with Crippen LogP contribution in [0.1, 0.15) is 24.4 Å². The van der Waals surface area contributed by atoms with Gasteiger partial charge >= 0.3 is 0 Å². The van der Waals surface area contributed by atoms with Crippen molar-refractivity contribution in [3.63, 3.8) is 0 Å². The predicted octanol–water partition coefficient (Wildman–Crippen LogP) is 2.34. The lowest BCUT2D eigenvalue weighted by Gasteiger charge is -2.41. The Labute approximate surface area is 124 Å². The van der Waals surface area contributed by atoms with Gasteiger partial charge in [0.1, 0.15) is 11.6 Å². The lowest BCUT2D eigenvalue weighted by molar-refractivity contribution is 0.0202. The second-order valence-corrected chi connectivity index (χ2v) is 5.85. The molecule has 1 aromatic rings. The summed E-state index contributed by atoms with van der Waals surface area (Å²) in [5, 5.41) is 3.32. The van der Waals surface area contributed by atoms with Crippen LogP contribution < -0.4 is 5.32 Å². The highest BCUT2D eigenvalue weighted by molar-refractivity contribution is 5.23. The molecule has 2 saturated heterocycles.